The van der Waals surface area contributed by atoms with Crippen LogP contribution in [0, 0.1) is 17.1 Å². The summed E-state index contributed by atoms with van der Waals surface area (Å²) in [6.45, 7) is 4.57. The van der Waals surface area contributed by atoms with Crippen molar-refractivity contribution < 1.29 is 12.8 Å². The lowest BCUT2D eigenvalue weighted by molar-refractivity contribution is 0.570. The molecular formula is C20H21ClFN7O2S2. The standard InChI is InChI=1S/C20H21ClFN7O2S2/c1-2-24-5-6-25-17-8-15(21)4-3-13(17)11-26-18-9-16(22)19(7-14(18)10-23)33(30,31)29-20-27-12-28-32-20/h3-4,7-9,12,24-26H,2,5-6,11H2,1H3,(H,27,28,29). The Morgan fingerprint density at radius 1 is 1.18 bits per heavy atom. The highest BCUT2D eigenvalue weighted by atomic mass is 35.5. The van der Waals surface area contributed by atoms with Crippen LogP contribution in [0.3, 0.4) is 0 Å². The number of rotatable bonds is 11. The Kier molecular flexibility index (Phi) is 8.40. The van der Waals surface area contributed by atoms with E-state index in [9.17, 15) is 18.1 Å². The molecule has 0 saturated heterocycles. The Morgan fingerprint density at radius 2 is 2.00 bits per heavy atom. The van der Waals surface area contributed by atoms with Gasteiger partial charge in [-0.15, -0.1) is 0 Å². The molecule has 0 bridgehead atoms. The quantitative estimate of drug-likeness (QED) is 0.288. The SMILES string of the molecule is CCNCCNc1cc(Cl)ccc1CNc1cc(F)c(S(=O)(=O)Nc2ncns2)cc1C#N. The number of likely N-dealkylation sites (N-methyl/N-ethyl adjacent to an activating group) is 1. The van der Waals surface area contributed by atoms with Crippen LogP contribution in [0.5, 0.6) is 0 Å². The molecule has 0 aliphatic heterocycles. The van der Waals surface area contributed by atoms with Gasteiger partial charge in [-0.25, -0.2) is 17.8 Å². The van der Waals surface area contributed by atoms with Gasteiger partial charge in [0.25, 0.3) is 10.0 Å². The summed E-state index contributed by atoms with van der Waals surface area (Å²) in [5.74, 6) is -1.01. The highest BCUT2D eigenvalue weighted by Gasteiger charge is 2.23. The minimum absolute atomic E-state index is 0.00739. The van der Waals surface area contributed by atoms with Crippen molar-refractivity contribution in [1.82, 2.24) is 14.7 Å². The van der Waals surface area contributed by atoms with E-state index in [1.165, 1.54) is 6.33 Å². The summed E-state index contributed by atoms with van der Waals surface area (Å²) < 4.78 is 45.7. The number of anilines is 3. The number of hydrogen-bond donors (Lipinski definition) is 4. The topological polar surface area (TPSA) is 132 Å². The summed E-state index contributed by atoms with van der Waals surface area (Å²) in [5, 5.41) is 19.6. The normalized spacial score (nSPS) is 11.1. The van der Waals surface area contributed by atoms with Gasteiger partial charge in [0.2, 0.25) is 5.13 Å². The van der Waals surface area contributed by atoms with E-state index in [0.29, 0.717) is 11.6 Å². The Balaban J connectivity index is 1.80. The molecule has 0 radical (unpaired) electrons. The lowest BCUT2D eigenvalue weighted by Crippen LogP contribution is -2.22. The van der Waals surface area contributed by atoms with Gasteiger partial charge in [0.15, 0.2) is 0 Å². The monoisotopic (exact) mass is 509 g/mol. The summed E-state index contributed by atoms with van der Waals surface area (Å²) in [6, 6.07) is 9.21. The van der Waals surface area contributed by atoms with E-state index in [-0.39, 0.29) is 22.9 Å². The summed E-state index contributed by atoms with van der Waals surface area (Å²) in [5.41, 5.74) is 1.78. The second-order valence-corrected chi connectivity index (χ2v) is 9.59. The maximum absolute atomic E-state index is 14.7. The van der Waals surface area contributed by atoms with Gasteiger partial charge in [0.1, 0.15) is 23.1 Å². The van der Waals surface area contributed by atoms with Crippen molar-refractivity contribution in [3.05, 3.63) is 58.6 Å². The number of benzene rings is 2. The lowest BCUT2D eigenvalue weighted by atomic mass is 10.1. The fourth-order valence-corrected chi connectivity index (χ4v) is 4.83. The van der Waals surface area contributed by atoms with E-state index in [2.05, 4.69) is 30.0 Å². The average molecular weight is 510 g/mol. The molecule has 3 aromatic rings. The summed E-state index contributed by atoms with van der Waals surface area (Å²) >= 11 is 6.92. The molecule has 0 unspecified atom stereocenters. The van der Waals surface area contributed by atoms with Gasteiger partial charge in [-0.3, -0.25) is 4.72 Å². The van der Waals surface area contributed by atoms with Crippen LogP contribution in [0.2, 0.25) is 5.02 Å². The van der Waals surface area contributed by atoms with Crippen molar-refractivity contribution in [2.75, 3.05) is 35.0 Å². The third-order valence-corrected chi connectivity index (χ3v) is 6.77. The van der Waals surface area contributed by atoms with Gasteiger partial charge < -0.3 is 16.0 Å². The van der Waals surface area contributed by atoms with Gasteiger partial charge >= 0.3 is 0 Å². The Hall–Kier alpha value is -2.98. The Labute approximate surface area is 200 Å². The second-order valence-electron chi connectivity index (χ2n) is 6.73. The number of aromatic nitrogens is 2. The largest absolute Gasteiger partial charge is 0.383 e. The number of nitriles is 1. The summed E-state index contributed by atoms with van der Waals surface area (Å²) in [6.07, 6.45) is 1.17. The van der Waals surface area contributed by atoms with Crippen molar-refractivity contribution >= 4 is 49.7 Å². The smallest absolute Gasteiger partial charge is 0.266 e. The van der Waals surface area contributed by atoms with E-state index in [4.69, 9.17) is 11.6 Å². The molecule has 2 aromatic carbocycles. The number of nitrogens with zero attached hydrogens (tertiary/aromatic N) is 3. The maximum Gasteiger partial charge on any atom is 0.266 e. The molecule has 0 saturated carbocycles. The number of halogens is 2. The summed E-state index contributed by atoms with van der Waals surface area (Å²) in [7, 11) is -4.28. The zero-order chi connectivity index (χ0) is 23.8. The molecule has 1 heterocycles. The Bertz CT molecular complexity index is 1250. The minimum atomic E-state index is -4.28. The molecule has 0 amide bonds. The van der Waals surface area contributed by atoms with Crippen LogP contribution in [0.25, 0.3) is 0 Å². The van der Waals surface area contributed by atoms with Gasteiger partial charge in [0.05, 0.1) is 11.3 Å². The third-order valence-electron chi connectivity index (χ3n) is 4.47. The van der Waals surface area contributed by atoms with Crippen LogP contribution in [0.4, 0.5) is 20.9 Å². The van der Waals surface area contributed by atoms with E-state index < -0.39 is 20.7 Å². The highest BCUT2D eigenvalue weighted by molar-refractivity contribution is 7.93. The van der Waals surface area contributed by atoms with Crippen LogP contribution >= 0.6 is 23.1 Å². The molecule has 4 N–H and O–H groups in total. The predicted molar refractivity (Wildman–Crippen MR) is 128 cm³/mol. The van der Waals surface area contributed by atoms with Crippen LogP contribution in [-0.2, 0) is 16.6 Å². The van der Waals surface area contributed by atoms with Gasteiger partial charge in [-0.05, 0) is 36.4 Å². The predicted octanol–water partition coefficient (Wildman–Crippen LogP) is 3.64. The fraction of sp³-hybridized carbons (Fsp3) is 0.250. The highest BCUT2D eigenvalue weighted by Crippen LogP contribution is 2.27. The first-order chi connectivity index (χ1) is 15.8. The zero-order valence-corrected chi connectivity index (χ0v) is 19.9. The second kappa shape index (κ2) is 11.2. The van der Waals surface area contributed by atoms with Crippen molar-refractivity contribution in [1.29, 1.82) is 5.26 Å². The van der Waals surface area contributed by atoms with Gasteiger partial charge in [-0.1, -0.05) is 24.6 Å². The van der Waals surface area contributed by atoms with E-state index in [1.54, 1.807) is 12.1 Å². The van der Waals surface area contributed by atoms with Crippen LogP contribution in [0.15, 0.2) is 41.6 Å². The molecular weight excluding hydrogens is 489 g/mol. The molecule has 1 aromatic heterocycles. The fourth-order valence-electron chi connectivity index (χ4n) is 2.91. The van der Waals surface area contributed by atoms with E-state index >= 15 is 0 Å². The first-order valence-electron chi connectivity index (χ1n) is 9.84. The van der Waals surface area contributed by atoms with Crippen molar-refractivity contribution in [2.24, 2.45) is 0 Å². The molecule has 3 rings (SSSR count). The van der Waals surface area contributed by atoms with Crippen LogP contribution in [0.1, 0.15) is 18.1 Å². The number of sulfonamides is 1. The maximum atomic E-state index is 14.7. The Morgan fingerprint density at radius 3 is 2.70 bits per heavy atom. The third kappa shape index (κ3) is 6.52. The van der Waals surface area contributed by atoms with Crippen LogP contribution < -0.4 is 20.7 Å². The van der Waals surface area contributed by atoms with Gasteiger partial charge in [0, 0.05) is 41.9 Å². The molecule has 0 fully saturated rings. The van der Waals surface area contributed by atoms with Crippen molar-refractivity contribution in [3.8, 4) is 6.07 Å². The van der Waals surface area contributed by atoms with E-state index in [1.807, 2.05) is 19.1 Å². The molecule has 0 aliphatic rings. The molecule has 174 valence electrons. The first-order valence-corrected chi connectivity index (χ1v) is 12.5. The molecule has 0 atom stereocenters. The molecule has 0 spiro atoms. The summed E-state index contributed by atoms with van der Waals surface area (Å²) in [4.78, 5) is 3.07. The van der Waals surface area contributed by atoms with Gasteiger partial charge in [-0.2, -0.15) is 9.64 Å². The first kappa shape index (κ1) is 24.7. The van der Waals surface area contributed by atoms with Crippen molar-refractivity contribution in [3.63, 3.8) is 0 Å². The zero-order valence-electron chi connectivity index (χ0n) is 17.5. The van der Waals surface area contributed by atoms with Crippen LogP contribution in [-0.4, -0.2) is 37.4 Å². The molecule has 0 aliphatic carbocycles. The van der Waals surface area contributed by atoms with E-state index in [0.717, 1.165) is 48.0 Å². The average Bonchev–Trinajstić information content (AvgIpc) is 3.28. The minimum Gasteiger partial charge on any atom is -0.383 e. The lowest BCUT2D eigenvalue weighted by Gasteiger charge is -2.15. The number of nitrogens with one attached hydrogen (secondary N) is 4. The molecule has 33 heavy (non-hydrogen) atoms. The molecule has 9 nitrogen and oxygen atoms in total. The number of hydrogen-bond acceptors (Lipinski definition) is 9. The van der Waals surface area contributed by atoms with Crippen molar-refractivity contribution in [2.45, 2.75) is 18.4 Å². The molecule has 13 heteroatoms.